The van der Waals surface area contributed by atoms with Crippen LogP contribution < -0.4 is 15.8 Å². The molecule has 7 nitrogen and oxygen atoms in total. The zero-order chi connectivity index (χ0) is 15.1. The molecule has 0 aliphatic carbocycles. The lowest BCUT2D eigenvalue weighted by Crippen LogP contribution is -2.28. The maximum Gasteiger partial charge on any atom is 0.251 e. The van der Waals surface area contributed by atoms with E-state index < -0.39 is 0 Å². The van der Waals surface area contributed by atoms with Crippen molar-refractivity contribution in [2.24, 2.45) is 5.73 Å². The van der Waals surface area contributed by atoms with Gasteiger partial charge in [-0.2, -0.15) is 4.98 Å². The van der Waals surface area contributed by atoms with Crippen molar-refractivity contribution in [3.8, 4) is 5.75 Å². The third kappa shape index (κ3) is 5.01. The van der Waals surface area contributed by atoms with Crippen LogP contribution in [0.15, 0.2) is 28.8 Å². The standard InChI is InChI=1S/C14H18N4O3.ClH/c1-2-13-17-12(18-21-13)9-20-11-5-3-10(4-6-11)14(19)16-8-7-15;/h3-6H,2,7-9,15H2,1H3,(H,16,19);1H. The van der Waals surface area contributed by atoms with Gasteiger partial charge in [0.1, 0.15) is 5.75 Å². The van der Waals surface area contributed by atoms with Gasteiger partial charge in [-0.1, -0.05) is 12.1 Å². The molecule has 0 saturated heterocycles. The molecule has 0 saturated carbocycles. The number of hydrogen-bond donors (Lipinski definition) is 2. The van der Waals surface area contributed by atoms with Crippen molar-refractivity contribution in [2.45, 2.75) is 20.0 Å². The number of carbonyl (C=O) groups excluding carboxylic acids is 1. The van der Waals surface area contributed by atoms with Gasteiger partial charge >= 0.3 is 0 Å². The normalized spacial score (nSPS) is 9.91. The Labute approximate surface area is 134 Å². The zero-order valence-electron chi connectivity index (χ0n) is 12.2. The maximum absolute atomic E-state index is 11.7. The van der Waals surface area contributed by atoms with Crippen LogP contribution in [-0.4, -0.2) is 29.1 Å². The van der Waals surface area contributed by atoms with Crippen LogP contribution in [0.3, 0.4) is 0 Å². The molecule has 0 spiro atoms. The summed E-state index contributed by atoms with van der Waals surface area (Å²) in [6.45, 7) is 3.03. The Hall–Kier alpha value is -2.12. The topological polar surface area (TPSA) is 103 Å². The van der Waals surface area contributed by atoms with Crippen molar-refractivity contribution >= 4 is 18.3 Å². The average molecular weight is 327 g/mol. The van der Waals surface area contributed by atoms with E-state index in [1.54, 1.807) is 24.3 Å². The number of nitrogens with zero attached hydrogens (tertiary/aromatic N) is 2. The number of rotatable bonds is 7. The molecule has 2 rings (SSSR count). The molecule has 1 aromatic heterocycles. The third-order valence-electron chi connectivity index (χ3n) is 2.73. The minimum atomic E-state index is -0.155. The number of aryl methyl sites for hydroxylation is 1. The number of nitrogens with one attached hydrogen (secondary N) is 1. The second kappa shape index (κ2) is 9.01. The van der Waals surface area contributed by atoms with E-state index in [1.807, 2.05) is 6.92 Å². The molecule has 3 N–H and O–H groups in total. The van der Waals surface area contributed by atoms with Crippen LogP contribution in [0.4, 0.5) is 0 Å². The van der Waals surface area contributed by atoms with E-state index in [9.17, 15) is 4.79 Å². The lowest BCUT2D eigenvalue weighted by Gasteiger charge is -2.06. The third-order valence-corrected chi connectivity index (χ3v) is 2.73. The predicted octanol–water partition coefficient (Wildman–Crippen LogP) is 1.32. The van der Waals surface area contributed by atoms with Crippen molar-refractivity contribution < 1.29 is 14.1 Å². The summed E-state index contributed by atoms with van der Waals surface area (Å²) in [6.07, 6.45) is 0.694. The van der Waals surface area contributed by atoms with E-state index in [0.717, 1.165) is 0 Å². The van der Waals surface area contributed by atoms with Gasteiger partial charge in [0.15, 0.2) is 6.61 Å². The quantitative estimate of drug-likeness (QED) is 0.795. The number of halogens is 1. The molecule has 8 heteroatoms. The first-order chi connectivity index (χ1) is 10.2. The first-order valence-corrected chi connectivity index (χ1v) is 6.75. The summed E-state index contributed by atoms with van der Waals surface area (Å²) < 4.78 is 10.5. The van der Waals surface area contributed by atoms with Crippen LogP contribution in [0.5, 0.6) is 5.75 Å². The van der Waals surface area contributed by atoms with Crippen LogP contribution in [-0.2, 0) is 13.0 Å². The number of benzene rings is 1. The smallest absolute Gasteiger partial charge is 0.251 e. The molecule has 22 heavy (non-hydrogen) atoms. The molecule has 0 radical (unpaired) electrons. The van der Waals surface area contributed by atoms with Crippen LogP contribution in [0.25, 0.3) is 0 Å². The Morgan fingerprint density at radius 1 is 1.36 bits per heavy atom. The number of aromatic nitrogens is 2. The lowest BCUT2D eigenvalue weighted by atomic mass is 10.2. The number of carbonyl (C=O) groups is 1. The van der Waals surface area contributed by atoms with Gasteiger partial charge in [-0.15, -0.1) is 12.4 Å². The second-order valence-corrected chi connectivity index (χ2v) is 4.32. The molecule has 1 amide bonds. The molecule has 0 unspecified atom stereocenters. The highest BCUT2D eigenvalue weighted by molar-refractivity contribution is 5.94. The summed E-state index contributed by atoms with van der Waals surface area (Å²) in [4.78, 5) is 15.8. The van der Waals surface area contributed by atoms with E-state index >= 15 is 0 Å². The van der Waals surface area contributed by atoms with Gasteiger partial charge < -0.3 is 20.3 Å². The van der Waals surface area contributed by atoms with Crippen molar-refractivity contribution in [3.05, 3.63) is 41.5 Å². The van der Waals surface area contributed by atoms with Gasteiger partial charge in [0, 0.05) is 25.1 Å². The van der Waals surface area contributed by atoms with Crippen LogP contribution in [0.2, 0.25) is 0 Å². The monoisotopic (exact) mass is 326 g/mol. The number of nitrogens with two attached hydrogens (primary N) is 1. The largest absolute Gasteiger partial charge is 0.485 e. The highest BCUT2D eigenvalue weighted by Crippen LogP contribution is 2.13. The van der Waals surface area contributed by atoms with Crippen LogP contribution >= 0.6 is 12.4 Å². The number of ether oxygens (including phenoxy) is 1. The van der Waals surface area contributed by atoms with E-state index in [1.165, 1.54) is 0 Å². The van der Waals surface area contributed by atoms with Gasteiger partial charge in [0.05, 0.1) is 0 Å². The van der Waals surface area contributed by atoms with Gasteiger partial charge in [0.2, 0.25) is 11.7 Å². The Kier molecular flexibility index (Phi) is 7.34. The molecule has 1 heterocycles. The Balaban J connectivity index is 0.00000242. The van der Waals surface area contributed by atoms with Gasteiger partial charge in [-0.05, 0) is 24.3 Å². The molecule has 0 bridgehead atoms. The van der Waals surface area contributed by atoms with E-state index in [4.69, 9.17) is 15.0 Å². The SMILES string of the molecule is CCc1nc(COc2ccc(C(=O)NCCN)cc2)no1.Cl. The number of hydrogen-bond acceptors (Lipinski definition) is 6. The molecular weight excluding hydrogens is 308 g/mol. The average Bonchev–Trinajstić information content (AvgIpc) is 2.99. The molecule has 0 aliphatic rings. The minimum absolute atomic E-state index is 0. The first-order valence-electron chi connectivity index (χ1n) is 6.75. The van der Waals surface area contributed by atoms with E-state index in [-0.39, 0.29) is 24.9 Å². The summed E-state index contributed by atoms with van der Waals surface area (Å²) in [7, 11) is 0. The molecule has 2 aromatic rings. The minimum Gasteiger partial charge on any atom is -0.485 e. The highest BCUT2D eigenvalue weighted by Gasteiger charge is 2.07. The lowest BCUT2D eigenvalue weighted by molar-refractivity contribution is 0.0954. The molecule has 120 valence electrons. The fraction of sp³-hybridized carbons (Fsp3) is 0.357. The fourth-order valence-electron chi connectivity index (χ4n) is 1.63. The second-order valence-electron chi connectivity index (χ2n) is 4.32. The van der Waals surface area contributed by atoms with Gasteiger partial charge in [0.25, 0.3) is 5.91 Å². The van der Waals surface area contributed by atoms with Crippen LogP contribution in [0, 0.1) is 0 Å². The molecule has 1 aromatic carbocycles. The van der Waals surface area contributed by atoms with Crippen molar-refractivity contribution in [3.63, 3.8) is 0 Å². The summed E-state index contributed by atoms with van der Waals surface area (Å²) in [5.41, 5.74) is 5.89. The summed E-state index contributed by atoms with van der Waals surface area (Å²) in [6, 6.07) is 6.82. The maximum atomic E-state index is 11.7. The first kappa shape index (κ1) is 17.9. The molecular formula is C14H19ClN4O3. The fourth-order valence-corrected chi connectivity index (χ4v) is 1.63. The van der Waals surface area contributed by atoms with Crippen LogP contribution in [0.1, 0.15) is 29.0 Å². The van der Waals surface area contributed by atoms with Gasteiger partial charge in [-0.3, -0.25) is 4.79 Å². The van der Waals surface area contributed by atoms with E-state index in [0.29, 0.717) is 42.5 Å². The number of amides is 1. The Morgan fingerprint density at radius 3 is 2.68 bits per heavy atom. The van der Waals surface area contributed by atoms with Crippen molar-refractivity contribution in [1.82, 2.24) is 15.5 Å². The molecule has 0 atom stereocenters. The summed E-state index contributed by atoms with van der Waals surface area (Å²) in [5.74, 6) is 1.56. The molecule has 0 aliphatic heterocycles. The zero-order valence-corrected chi connectivity index (χ0v) is 13.1. The molecule has 0 fully saturated rings. The summed E-state index contributed by atoms with van der Waals surface area (Å²) in [5, 5.41) is 6.49. The highest BCUT2D eigenvalue weighted by atomic mass is 35.5. The van der Waals surface area contributed by atoms with E-state index in [2.05, 4.69) is 15.5 Å². The van der Waals surface area contributed by atoms with Gasteiger partial charge in [-0.25, -0.2) is 0 Å². The Bertz CT molecular complexity index is 586. The predicted molar refractivity (Wildman–Crippen MR) is 83.1 cm³/mol. The Morgan fingerprint density at radius 2 is 2.09 bits per heavy atom. The summed E-state index contributed by atoms with van der Waals surface area (Å²) >= 11 is 0. The van der Waals surface area contributed by atoms with Crippen molar-refractivity contribution in [2.75, 3.05) is 13.1 Å². The van der Waals surface area contributed by atoms with Crippen molar-refractivity contribution in [1.29, 1.82) is 0 Å².